The molecule has 1 aliphatic heterocycles. The molecule has 0 saturated carbocycles. The number of rotatable bonds is 3. The third kappa shape index (κ3) is 2.62. The zero-order valence-electron chi connectivity index (χ0n) is 10.4. The highest BCUT2D eigenvalue weighted by Gasteiger charge is 2.28. The Kier molecular flexibility index (Phi) is 3.83. The van der Waals surface area contributed by atoms with Crippen LogP contribution in [0.5, 0.6) is 5.75 Å². The summed E-state index contributed by atoms with van der Waals surface area (Å²) in [7, 11) is 1.60. The summed E-state index contributed by atoms with van der Waals surface area (Å²) in [4.78, 5) is 13.8. The van der Waals surface area contributed by atoms with Crippen molar-refractivity contribution in [1.82, 2.24) is 4.90 Å². The molecule has 1 unspecified atom stereocenters. The average molecular weight is 244 g/mol. The smallest absolute Gasteiger partial charge is 0.228 e. The summed E-state index contributed by atoms with van der Waals surface area (Å²) in [5, 5.41) is 8.97. The van der Waals surface area contributed by atoms with Gasteiger partial charge in [0.25, 0.3) is 0 Å². The van der Waals surface area contributed by atoms with Gasteiger partial charge in [0, 0.05) is 6.54 Å². The van der Waals surface area contributed by atoms with Gasteiger partial charge in [0.2, 0.25) is 5.91 Å². The Balaban J connectivity index is 2.04. The minimum absolute atomic E-state index is 0.0207. The highest BCUT2D eigenvalue weighted by Crippen LogP contribution is 2.19. The van der Waals surface area contributed by atoms with Crippen molar-refractivity contribution in [2.45, 2.75) is 25.3 Å². The second-order valence-corrected chi connectivity index (χ2v) is 4.40. The summed E-state index contributed by atoms with van der Waals surface area (Å²) in [6.45, 7) is 0.695. The number of amides is 1. The van der Waals surface area contributed by atoms with Gasteiger partial charge in [-0.3, -0.25) is 4.79 Å². The number of ether oxygens (including phenoxy) is 1. The lowest BCUT2D eigenvalue weighted by atomic mass is 10.1. The summed E-state index contributed by atoms with van der Waals surface area (Å²) in [6.07, 6.45) is 2.04. The van der Waals surface area contributed by atoms with Crippen LogP contribution in [0.1, 0.15) is 18.4 Å². The van der Waals surface area contributed by atoms with Crippen LogP contribution >= 0.6 is 0 Å². The van der Waals surface area contributed by atoms with E-state index in [4.69, 9.17) is 10.00 Å². The topological polar surface area (TPSA) is 53.3 Å². The number of nitriles is 1. The van der Waals surface area contributed by atoms with Crippen molar-refractivity contribution in [3.05, 3.63) is 29.8 Å². The lowest BCUT2D eigenvalue weighted by Crippen LogP contribution is -2.35. The highest BCUT2D eigenvalue weighted by molar-refractivity contribution is 5.79. The Morgan fingerprint density at radius 1 is 1.61 bits per heavy atom. The van der Waals surface area contributed by atoms with Crippen molar-refractivity contribution in [3.8, 4) is 11.8 Å². The molecule has 0 aliphatic carbocycles. The van der Waals surface area contributed by atoms with E-state index in [-0.39, 0.29) is 11.9 Å². The number of hydrogen-bond donors (Lipinski definition) is 0. The maximum absolute atomic E-state index is 12.1. The summed E-state index contributed by atoms with van der Waals surface area (Å²) in [5.74, 6) is 0.769. The SMILES string of the molecule is COc1cccc(CC(=O)N2CCCC2C#N)c1. The Morgan fingerprint density at radius 3 is 3.17 bits per heavy atom. The van der Waals surface area contributed by atoms with Crippen molar-refractivity contribution in [2.75, 3.05) is 13.7 Å². The van der Waals surface area contributed by atoms with Crippen LogP contribution in [0.3, 0.4) is 0 Å². The van der Waals surface area contributed by atoms with Crippen LogP contribution in [0, 0.1) is 11.3 Å². The molecule has 1 atom stereocenters. The highest BCUT2D eigenvalue weighted by atomic mass is 16.5. The maximum Gasteiger partial charge on any atom is 0.228 e. The first-order valence-electron chi connectivity index (χ1n) is 6.06. The molecule has 0 bridgehead atoms. The average Bonchev–Trinajstić information content (AvgIpc) is 2.87. The summed E-state index contributed by atoms with van der Waals surface area (Å²) in [6, 6.07) is 9.41. The van der Waals surface area contributed by atoms with E-state index < -0.39 is 0 Å². The first-order chi connectivity index (χ1) is 8.74. The van der Waals surface area contributed by atoms with Crippen LogP contribution < -0.4 is 4.74 Å². The van der Waals surface area contributed by atoms with Gasteiger partial charge in [-0.25, -0.2) is 0 Å². The largest absolute Gasteiger partial charge is 0.497 e. The van der Waals surface area contributed by atoms with E-state index in [1.165, 1.54) is 0 Å². The van der Waals surface area contributed by atoms with Gasteiger partial charge in [0.05, 0.1) is 19.6 Å². The standard InChI is InChI=1S/C14H16N2O2/c1-18-13-6-2-4-11(8-13)9-14(17)16-7-3-5-12(16)10-15/h2,4,6,8,12H,3,5,7,9H2,1H3. The van der Waals surface area contributed by atoms with Crippen LogP contribution in [-0.2, 0) is 11.2 Å². The second kappa shape index (κ2) is 5.54. The second-order valence-electron chi connectivity index (χ2n) is 4.40. The van der Waals surface area contributed by atoms with Gasteiger partial charge >= 0.3 is 0 Å². The molecule has 1 aromatic carbocycles. The number of carbonyl (C=O) groups excluding carboxylic acids is 1. The van der Waals surface area contributed by atoms with Crippen LogP contribution in [0.2, 0.25) is 0 Å². The number of hydrogen-bond acceptors (Lipinski definition) is 3. The molecule has 4 nitrogen and oxygen atoms in total. The predicted molar refractivity (Wildman–Crippen MR) is 67.0 cm³/mol. The maximum atomic E-state index is 12.1. The molecule has 0 aromatic heterocycles. The van der Waals surface area contributed by atoms with Crippen molar-refractivity contribution >= 4 is 5.91 Å². The van der Waals surface area contributed by atoms with Gasteiger partial charge in [-0.2, -0.15) is 5.26 Å². The lowest BCUT2D eigenvalue weighted by molar-refractivity contribution is -0.130. The van der Waals surface area contributed by atoms with E-state index >= 15 is 0 Å². The molecular weight excluding hydrogens is 228 g/mol. The molecular formula is C14H16N2O2. The fourth-order valence-corrected chi connectivity index (χ4v) is 2.26. The number of nitrogens with zero attached hydrogens (tertiary/aromatic N) is 2. The Bertz CT molecular complexity index is 479. The minimum atomic E-state index is -0.247. The molecule has 18 heavy (non-hydrogen) atoms. The molecule has 1 saturated heterocycles. The zero-order chi connectivity index (χ0) is 13.0. The molecule has 0 spiro atoms. The van der Waals surface area contributed by atoms with Gasteiger partial charge in [-0.05, 0) is 30.5 Å². The number of likely N-dealkylation sites (tertiary alicyclic amines) is 1. The first kappa shape index (κ1) is 12.4. The van der Waals surface area contributed by atoms with Crippen molar-refractivity contribution in [3.63, 3.8) is 0 Å². The van der Waals surface area contributed by atoms with Crippen LogP contribution in [-0.4, -0.2) is 30.5 Å². The van der Waals surface area contributed by atoms with E-state index in [1.807, 2.05) is 24.3 Å². The summed E-state index contributed by atoms with van der Waals surface area (Å²) in [5.41, 5.74) is 0.919. The third-order valence-electron chi connectivity index (χ3n) is 3.21. The number of benzene rings is 1. The molecule has 1 heterocycles. The van der Waals surface area contributed by atoms with Crippen LogP contribution in [0.15, 0.2) is 24.3 Å². The molecule has 0 radical (unpaired) electrons. The molecule has 1 aliphatic rings. The molecule has 1 aromatic rings. The fourth-order valence-electron chi connectivity index (χ4n) is 2.26. The fraction of sp³-hybridized carbons (Fsp3) is 0.429. The molecule has 94 valence electrons. The normalized spacial score (nSPS) is 18.4. The predicted octanol–water partition coefficient (Wildman–Crippen LogP) is 1.75. The molecule has 4 heteroatoms. The summed E-state index contributed by atoms with van der Waals surface area (Å²) < 4.78 is 5.13. The van der Waals surface area contributed by atoms with Crippen LogP contribution in [0.25, 0.3) is 0 Å². The number of methoxy groups -OCH3 is 1. The molecule has 0 N–H and O–H groups in total. The quantitative estimate of drug-likeness (QED) is 0.814. The van der Waals surface area contributed by atoms with Gasteiger partial charge < -0.3 is 9.64 Å². The van der Waals surface area contributed by atoms with Gasteiger partial charge in [-0.1, -0.05) is 12.1 Å². The van der Waals surface area contributed by atoms with E-state index in [9.17, 15) is 4.79 Å². The Hall–Kier alpha value is -2.02. The van der Waals surface area contributed by atoms with Crippen molar-refractivity contribution < 1.29 is 9.53 Å². The van der Waals surface area contributed by atoms with Gasteiger partial charge in [0.15, 0.2) is 0 Å². The molecule has 2 rings (SSSR count). The molecule has 1 fully saturated rings. The molecule has 1 amide bonds. The van der Waals surface area contributed by atoms with Gasteiger partial charge in [-0.15, -0.1) is 0 Å². The van der Waals surface area contributed by atoms with Crippen molar-refractivity contribution in [2.24, 2.45) is 0 Å². The van der Waals surface area contributed by atoms with Crippen molar-refractivity contribution in [1.29, 1.82) is 5.26 Å². The van der Waals surface area contributed by atoms with Gasteiger partial charge in [0.1, 0.15) is 11.8 Å². The number of carbonyl (C=O) groups is 1. The van der Waals surface area contributed by atoms with E-state index in [0.717, 1.165) is 24.2 Å². The van der Waals surface area contributed by atoms with E-state index in [0.29, 0.717) is 13.0 Å². The first-order valence-corrected chi connectivity index (χ1v) is 6.06. The third-order valence-corrected chi connectivity index (χ3v) is 3.21. The Morgan fingerprint density at radius 2 is 2.44 bits per heavy atom. The monoisotopic (exact) mass is 244 g/mol. The van der Waals surface area contributed by atoms with E-state index in [2.05, 4.69) is 6.07 Å². The Labute approximate surface area is 107 Å². The zero-order valence-corrected chi connectivity index (χ0v) is 10.4. The van der Waals surface area contributed by atoms with E-state index in [1.54, 1.807) is 12.0 Å². The minimum Gasteiger partial charge on any atom is -0.497 e. The van der Waals surface area contributed by atoms with Crippen LogP contribution in [0.4, 0.5) is 0 Å². The lowest BCUT2D eigenvalue weighted by Gasteiger charge is -2.19. The summed E-state index contributed by atoms with van der Waals surface area (Å²) >= 11 is 0.